The van der Waals surface area contributed by atoms with Gasteiger partial charge in [-0.25, -0.2) is 19.7 Å². The number of fused-ring (bicyclic) bond motifs is 1. The lowest BCUT2D eigenvalue weighted by Gasteiger charge is -2.33. The van der Waals surface area contributed by atoms with Crippen LogP contribution in [0.4, 0.5) is 10.6 Å². The molecule has 1 aliphatic rings. The smallest absolute Gasteiger partial charge is 0.410 e. The van der Waals surface area contributed by atoms with Gasteiger partial charge in [0.1, 0.15) is 16.9 Å². The summed E-state index contributed by atoms with van der Waals surface area (Å²) >= 11 is 0. The molecule has 0 atom stereocenters. The van der Waals surface area contributed by atoms with Crippen molar-refractivity contribution >= 4 is 23.1 Å². The SMILES string of the molecule is CC(C)(C)OC(=O)N1CCC(NCc2ccc(-n3c(-c4cccnc4N)nc4ccc(-c5ccccc5)nc43)cc2)CC1. The molecule has 43 heavy (non-hydrogen) atoms. The van der Waals surface area contributed by atoms with Gasteiger partial charge >= 0.3 is 6.09 Å². The number of likely N-dealkylation sites (tertiary alicyclic amines) is 1. The van der Waals surface area contributed by atoms with Crippen LogP contribution in [0.1, 0.15) is 39.2 Å². The van der Waals surface area contributed by atoms with Gasteiger partial charge < -0.3 is 20.7 Å². The van der Waals surface area contributed by atoms with Gasteiger partial charge in [-0.3, -0.25) is 4.57 Å². The molecule has 9 heteroatoms. The highest BCUT2D eigenvalue weighted by molar-refractivity contribution is 5.84. The van der Waals surface area contributed by atoms with Gasteiger partial charge in [-0.2, -0.15) is 0 Å². The Morgan fingerprint density at radius 1 is 0.953 bits per heavy atom. The van der Waals surface area contributed by atoms with E-state index in [4.69, 9.17) is 20.4 Å². The number of piperidine rings is 1. The molecular weight excluding hydrogens is 538 g/mol. The number of nitrogens with zero attached hydrogens (tertiary/aromatic N) is 5. The van der Waals surface area contributed by atoms with Crippen molar-refractivity contribution < 1.29 is 9.53 Å². The average Bonchev–Trinajstić information content (AvgIpc) is 3.39. The second kappa shape index (κ2) is 11.9. The third-order valence-electron chi connectivity index (χ3n) is 7.59. The molecule has 1 saturated heterocycles. The first-order valence-electron chi connectivity index (χ1n) is 14.7. The van der Waals surface area contributed by atoms with Crippen LogP contribution >= 0.6 is 0 Å². The van der Waals surface area contributed by atoms with Gasteiger partial charge in [0.25, 0.3) is 0 Å². The van der Waals surface area contributed by atoms with E-state index in [-0.39, 0.29) is 6.09 Å². The summed E-state index contributed by atoms with van der Waals surface area (Å²) in [5, 5.41) is 3.66. The Labute approximate surface area is 251 Å². The standard InChI is InChI=1S/C34H37N7O2/c1-34(2,3)43-33(42)40-20-17-25(18-21-40)37-22-23-11-13-26(14-12-23)41-31(27-10-7-19-36-30(27)35)39-29-16-15-28(38-32(29)41)24-8-5-4-6-9-24/h4-16,19,25,37H,17-18,20-22H2,1-3H3,(H2,35,36). The Morgan fingerprint density at radius 3 is 2.40 bits per heavy atom. The summed E-state index contributed by atoms with van der Waals surface area (Å²) in [6, 6.07) is 26.7. The van der Waals surface area contributed by atoms with Gasteiger partial charge in [0.2, 0.25) is 0 Å². The number of carbonyl (C=O) groups excluding carboxylic acids is 1. The van der Waals surface area contributed by atoms with Gasteiger partial charge in [-0.15, -0.1) is 0 Å². The van der Waals surface area contributed by atoms with Gasteiger partial charge in [-0.05, 0) is 75.6 Å². The number of amides is 1. The Hall–Kier alpha value is -4.76. The number of rotatable bonds is 6. The molecule has 5 aromatic rings. The largest absolute Gasteiger partial charge is 0.444 e. The van der Waals surface area contributed by atoms with Crippen molar-refractivity contribution in [2.24, 2.45) is 0 Å². The zero-order valence-electron chi connectivity index (χ0n) is 24.8. The summed E-state index contributed by atoms with van der Waals surface area (Å²) in [6.45, 7) is 7.81. The van der Waals surface area contributed by atoms with Crippen LogP contribution in [0.2, 0.25) is 0 Å². The molecule has 220 valence electrons. The Morgan fingerprint density at radius 2 is 1.70 bits per heavy atom. The summed E-state index contributed by atoms with van der Waals surface area (Å²) in [5.74, 6) is 1.11. The molecule has 0 aliphatic carbocycles. The number of hydrogen-bond donors (Lipinski definition) is 2. The molecule has 0 radical (unpaired) electrons. The number of nitrogens with one attached hydrogen (secondary N) is 1. The zero-order valence-corrected chi connectivity index (χ0v) is 24.8. The number of pyridine rings is 2. The maximum absolute atomic E-state index is 12.4. The first-order chi connectivity index (χ1) is 20.7. The lowest BCUT2D eigenvalue weighted by Crippen LogP contribution is -2.46. The summed E-state index contributed by atoms with van der Waals surface area (Å²) in [5.41, 5.74) is 12.1. The number of ether oxygens (including phenoxy) is 1. The van der Waals surface area contributed by atoms with Crippen molar-refractivity contribution in [2.45, 2.75) is 51.8 Å². The number of hydrogen-bond acceptors (Lipinski definition) is 7. The van der Waals surface area contributed by atoms with Crippen LogP contribution in [0, 0.1) is 0 Å². The van der Waals surface area contributed by atoms with Crippen LogP contribution in [0.3, 0.4) is 0 Å². The highest BCUT2D eigenvalue weighted by Gasteiger charge is 2.26. The third kappa shape index (κ3) is 6.36. The van der Waals surface area contributed by atoms with E-state index in [2.05, 4.69) is 51.3 Å². The van der Waals surface area contributed by atoms with E-state index < -0.39 is 5.60 Å². The normalized spacial score (nSPS) is 14.3. The summed E-state index contributed by atoms with van der Waals surface area (Å²) in [4.78, 5) is 28.5. The Bertz CT molecular complexity index is 1720. The van der Waals surface area contributed by atoms with Crippen molar-refractivity contribution in [2.75, 3.05) is 18.8 Å². The molecule has 3 N–H and O–H groups in total. The fraction of sp³-hybridized carbons (Fsp3) is 0.294. The number of nitrogen functional groups attached to an aromatic ring is 1. The Kier molecular flexibility index (Phi) is 7.82. The van der Waals surface area contributed by atoms with Crippen molar-refractivity contribution in [1.82, 2.24) is 29.7 Å². The van der Waals surface area contributed by atoms with Gasteiger partial charge in [0, 0.05) is 43.1 Å². The molecule has 9 nitrogen and oxygen atoms in total. The van der Waals surface area contributed by atoms with E-state index >= 15 is 0 Å². The molecule has 6 rings (SSSR count). The summed E-state index contributed by atoms with van der Waals surface area (Å²) in [6.07, 6.45) is 3.24. The molecule has 1 aliphatic heterocycles. The molecule has 0 spiro atoms. The molecular formula is C34H37N7O2. The van der Waals surface area contributed by atoms with Gasteiger partial charge in [0.05, 0.1) is 11.3 Å². The number of nitrogens with two attached hydrogens (primary N) is 1. The topological polar surface area (TPSA) is 111 Å². The molecule has 0 bridgehead atoms. The minimum atomic E-state index is -0.479. The Balaban J connectivity index is 1.22. The van der Waals surface area contributed by atoms with E-state index in [1.165, 1.54) is 5.56 Å². The van der Waals surface area contributed by atoms with Crippen molar-refractivity contribution in [1.29, 1.82) is 0 Å². The highest BCUT2D eigenvalue weighted by atomic mass is 16.6. The quantitative estimate of drug-likeness (QED) is 0.247. The van der Waals surface area contributed by atoms with E-state index in [0.717, 1.165) is 53.1 Å². The minimum Gasteiger partial charge on any atom is -0.444 e. The first kappa shape index (κ1) is 28.4. The molecule has 3 aromatic heterocycles. The number of carbonyl (C=O) groups is 1. The molecule has 0 unspecified atom stereocenters. The molecule has 2 aromatic carbocycles. The third-order valence-corrected chi connectivity index (χ3v) is 7.59. The van der Waals surface area contributed by atoms with Crippen LogP contribution in [0.15, 0.2) is 85.1 Å². The summed E-state index contributed by atoms with van der Waals surface area (Å²) < 4.78 is 7.58. The van der Waals surface area contributed by atoms with Gasteiger partial charge in [-0.1, -0.05) is 42.5 Å². The zero-order chi connectivity index (χ0) is 30.0. The van der Waals surface area contributed by atoms with Crippen LogP contribution in [-0.4, -0.2) is 55.2 Å². The fourth-order valence-corrected chi connectivity index (χ4v) is 5.38. The van der Waals surface area contributed by atoms with Crippen molar-refractivity contribution in [3.05, 3.63) is 90.6 Å². The van der Waals surface area contributed by atoms with Crippen LogP contribution < -0.4 is 11.1 Å². The predicted molar refractivity (Wildman–Crippen MR) is 170 cm³/mol. The second-order valence-electron chi connectivity index (χ2n) is 11.9. The highest BCUT2D eigenvalue weighted by Crippen LogP contribution is 2.31. The monoisotopic (exact) mass is 575 g/mol. The lowest BCUT2D eigenvalue weighted by atomic mass is 10.0. The van der Waals surface area contributed by atoms with E-state index in [0.29, 0.717) is 30.8 Å². The maximum Gasteiger partial charge on any atom is 0.410 e. The molecule has 1 amide bonds. The van der Waals surface area contributed by atoms with E-state index in [1.807, 2.05) is 63.2 Å². The predicted octanol–water partition coefficient (Wildman–Crippen LogP) is 6.22. The van der Waals surface area contributed by atoms with Crippen LogP contribution in [0.25, 0.3) is 39.5 Å². The van der Waals surface area contributed by atoms with Crippen LogP contribution in [-0.2, 0) is 11.3 Å². The number of imidazole rings is 1. The second-order valence-corrected chi connectivity index (χ2v) is 11.9. The molecule has 0 saturated carbocycles. The fourth-order valence-electron chi connectivity index (χ4n) is 5.38. The first-order valence-corrected chi connectivity index (χ1v) is 14.7. The average molecular weight is 576 g/mol. The minimum absolute atomic E-state index is 0.230. The molecule has 4 heterocycles. The maximum atomic E-state index is 12.4. The van der Waals surface area contributed by atoms with Crippen molar-refractivity contribution in [3.8, 4) is 28.3 Å². The van der Waals surface area contributed by atoms with Gasteiger partial charge in [0.15, 0.2) is 11.5 Å². The number of aromatic nitrogens is 4. The molecule has 1 fully saturated rings. The lowest BCUT2D eigenvalue weighted by molar-refractivity contribution is 0.0198. The van der Waals surface area contributed by atoms with E-state index in [9.17, 15) is 4.79 Å². The number of anilines is 1. The van der Waals surface area contributed by atoms with E-state index in [1.54, 1.807) is 11.1 Å². The van der Waals surface area contributed by atoms with Crippen LogP contribution in [0.5, 0.6) is 0 Å². The van der Waals surface area contributed by atoms with Crippen molar-refractivity contribution in [3.63, 3.8) is 0 Å². The summed E-state index contributed by atoms with van der Waals surface area (Å²) in [7, 11) is 0. The number of benzene rings is 2.